The second-order valence-corrected chi connectivity index (χ2v) is 8.53. The molecule has 5 heteroatoms. The van der Waals surface area contributed by atoms with E-state index < -0.39 is 0 Å². The third-order valence-electron chi connectivity index (χ3n) is 6.77. The molecule has 0 radical (unpaired) electrons. The number of nitrogens with zero attached hydrogens (tertiary/aromatic N) is 1. The van der Waals surface area contributed by atoms with Crippen molar-refractivity contribution in [2.75, 3.05) is 7.05 Å². The molecule has 5 nitrogen and oxygen atoms in total. The van der Waals surface area contributed by atoms with Crippen molar-refractivity contribution < 1.29 is 13.9 Å². The molecule has 2 aromatic rings. The zero-order valence-electron chi connectivity index (χ0n) is 16.4. The van der Waals surface area contributed by atoms with Crippen LogP contribution >= 0.6 is 0 Å². The lowest BCUT2D eigenvalue weighted by atomic mass is 9.98. The minimum Gasteiger partial charge on any atom is -0.486 e. The molecule has 1 aliphatic carbocycles. The van der Waals surface area contributed by atoms with Gasteiger partial charge >= 0.3 is 0 Å². The van der Waals surface area contributed by atoms with Gasteiger partial charge in [-0.2, -0.15) is 0 Å². The normalized spacial score (nSPS) is 26.2. The Bertz CT molecular complexity index is 860. The number of ether oxygens (including phenoxy) is 1. The van der Waals surface area contributed by atoms with Crippen molar-refractivity contribution in [2.24, 2.45) is 0 Å². The number of furan rings is 1. The summed E-state index contributed by atoms with van der Waals surface area (Å²) in [4.78, 5) is 15.1. The zero-order chi connectivity index (χ0) is 19.1. The van der Waals surface area contributed by atoms with Gasteiger partial charge in [-0.1, -0.05) is 6.07 Å². The Morgan fingerprint density at radius 1 is 1.14 bits per heavy atom. The minimum atomic E-state index is -0.113. The number of fused-ring (bicyclic) bond motifs is 3. The topological polar surface area (TPSA) is 54.7 Å². The largest absolute Gasteiger partial charge is 0.486 e. The summed E-state index contributed by atoms with van der Waals surface area (Å²) in [5.41, 5.74) is 2.83. The van der Waals surface area contributed by atoms with E-state index in [1.54, 1.807) is 6.07 Å². The smallest absolute Gasteiger partial charge is 0.287 e. The van der Waals surface area contributed by atoms with E-state index in [4.69, 9.17) is 9.15 Å². The van der Waals surface area contributed by atoms with Crippen LogP contribution in [0.1, 0.15) is 59.5 Å². The highest BCUT2D eigenvalue weighted by molar-refractivity contribution is 5.91. The summed E-state index contributed by atoms with van der Waals surface area (Å²) in [5.74, 6) is 1.80. The Balaban J connectivity index is 1.16. The van der Waals surface area contributed by atoms with Crippen LogP contribution < -0.4 is 10.1 Å². The van der Waals surface area contributed by atoms with Gasteiger partial charge in [0.1, 0.15) is 18.1 Å². The third kappa shape index (κ3) is 3.44. The summed E-state index contributed by atoms with van der Waals surface area (Å²) >= 11 is 0. The summed E-state index contributed by atoms with van der Waals surface area (Å²) in [6.45, 7) is 0.338. The van der Waals surface area contributed by atoms with Gasteiger partial charge in [-0.15, -0.1) is 0 Å². The number of hydrogen-bond donors (Lipinski definition) is 1. The van der Waals surface area contributed by atoms with Crippen molar-refractivity contribution in [3.05, 3.63) is 53.0 Å². The van der Waals surface area contributed by atoms with Crippen LogP contribution in [0.25, 0.3) is 0 Å². The maximum absolute atomic E-state index is 12.6. The van der Waals surface area contributed by atoms with Crippen LogP contribution in [0.15, 0.2) is 34.7 Å². The van der Waals surface area contributed by atoms with E-state index in [2.05, 4.69) is 29.4 Å². The fourth-order valence-electron chi connectivity index (χ4n) is 5.16. The second kappa shape index (κ2) is 7.28. The molecule has 5 rings (SSSR count). The first-order valence-electron chi connectivity index (χ1n) is 10.5. The second-order valence-electron chi connectivity index (χ2n) is 8.53. The molecule has 3 aliphatic rings. The van der Waals surface area contributed by atoms with Gasteiger partial charge in [-0.25, -0.2) is 0 Å². The van der Waals surface area contributed by atoms with Crippen molar-refractivity contribution in [2.45, 2.75) is 69.7 Å². The van der Waals surface area contributed by atoms with Gasteiger partial charge < -0.3 is 19.4 Å². The first-order valence-corrected chi connectivity index (χ1v) is 10.5. The molecule has 28 heavy (non-hydrogen) atoms. The molecule has 3 atom stereocenters. The number of amides is 1. The number of rotatable bonds is 5. The van der Waals surface area contributed by atoms with Crippen LogP contribution in [0, 0.1) is 0 Å². The van der Waals surface area contributed by atoms with Crippen LogP contribution in [0.3, 0.4) is 0 Å². The fourth-order valence-corrected chi connectivity index (χ4v) is 5.16. The van der Waals surface area contributed by atoms with Gasteiger partial charge in [0.2, 0.25) is 0 Å². The van der Waals surface area contributed by atoms with Gasteiger partial charge in [0.05, 0.1) is 0 Å². The van der Waals surface area contributed by atoms with E-state index in [1.165, 1.54) is 36.8 Å². The maximum atomic E-state index is 12.6. The van der Waals surface area contributed by atoms with Crippen molar-refractivity contribution in [1.82, 2.24) is 10.2 Å². The third-order valence-corrected chi connectivity index (χ3v) is 6.77. The van der Waals surface area contributed by atoms with Crippen LogP contribution in [0.5, 0.6) is 5.75 Å². The Kier molecular flexibility index (Phi) is 4.63. The Morgan fingerprint density at radius 3 is 2.75 bits per heavy atom. The van der Waals surface area contributed by atoms with Crippen molar-refractivity contribution in [1.29, 1.82) is 0 Å². The Hall–Kier alpha value is -2.27. The highest BCUT2D eigenvalue weighted by Gasteiger charge is 2.39. The summed E-state index contributed by atoms with van der Waals surface area (Å²) < 4.78 is 11.6. The monoisotopic (exact) mass is 380 g/mol. The average Bonchev–Trinajstić information content (AvgIpc) is 3.39. The Morgan fingerprint density at radius 2 is 1.93 bits per heavy atom. The van der Waals surface area contributed by atoms with E-state index in [0.29, 0.717) is 30.2 Å². The number of aryl methyl sites for hydroxylation is 2. The van der Waals surface area contributed by atoms with Crippen LogP contribution in [0.4, 0.5) is 0 Å². The summed E-state index contributed by atoms with van der Waals surface area (Å²) in [6, 6.07) is 11.4. The maximum Gasteiger partial charge on any atom is 0.287 e. The average molecular weight is 380 g/mol. The summed E-state index contributed by atoms with van der Waals surface area (Å²) in [7, 11) is 2.21. The van der Waals surface area contributed by atoms with E-state index in [-0.39, 0.29) is 11.9 Å². The van der Waals surface area contributed by atoms with Gasteiger partial charge in [0, 0.05) is 18.1 Å². The first-order chi connectivity index (χ1) is 13.7. The van der Waals surface area contributed by atoms with Crippen LogP contribution in [-0.2, 0) is 19.4 Å². The highest BCUT2D eigenvalue weighted by Crippen LogP contribution is 2.34. The lowest BCUT2D eigenvalue weighted by Crippen LogP contribution is -2.48. The fraction of sp³-hybridized carbons (Fsp3) is 0.522. The van der Waals surface area contributed by atoms with Crippen molar-refractivity contribution >= 4 is 5.91 Å². The molecule has 0 saturated carbocycles. The highest BCUT2D eigenvalue weighted by atomic mass is 16.5. The van der Waals surface area contributed by atoms with Gasteiger partial charge in [0.25, 0.3) is 5.91 Å². The van der Waals surface area contributed by atoms with E-state index in [9.17, 15) is 4.79 Å². The molecule has 2 saturated heterocycles. The zero-order valence-corrected chi connectivity index (χ0v) is 16.4. The molecule has 2 bridgehead atoms. The molecule has 2 aliphatic heterocycles. The molecular weight excluding hydrogens is 352 g/mol. The van der Waals surface area contributed by atoms with E-state index in [1.807, 2.05) is 12.1 Å². The number of benzene rings is 1. The van der Waals surface area contributed by atoms with Gasteiger partial charge in [-0.3, -0.25) is 4.79 Å². The molecule has 1 unspecified atom stereocenters. The lowest BCUT2D eigenvalue weighted by molar-refractivity contribution is 0.0851. The lowest BCUT2D eigenvalue weighted by Gasteiger charge is -2.36. The predicted octanol–water partition coefficient (Wildman–Crippen LogP) is 3.70. The quantitative estimate of drug-likeness (QED) is 0.859. The number of carbonyl (C=O) groups is 1. The van der Waals surface area contributed by atoms with Gasteiger partial charge in [0.15, 0.2) is 5.76 Å². The predicted molar refractivity (Wildman–Crippen MR) is 107 cm³/mol. The number of hydrogen-bond acceptors (Lipinski definition) is 4. The van der Waals surface area contributed by atoms with Crippen LogP contribution in [-0.4, -0.2) is 36.0 Å². The van der Waals surface area contributed by atoms with Crippen molar-refractivity contribution in [3.8, 4) is 5.75 Å². The molecule has 1 amide bonds. The number of nitrogens with one attached hydrogen (secondary N) is 1. The van der Waals surface area contributed by atoms with Crippen molar-refractivity contribution in [3.63, 3.8) is 0 Å². The SMILES string of the molecule is CN1[C@@H]2CC[C@H]1CC(NC(=O)c1ccc(COc3ccc4c(c3)CCC4)o1)C2. The molecule has 0 spiro atoms. The first kappa shape index (κ1) is 17.8. The molecule has 1 aromatic heterocycles. The molecule has 1 N–H and O–H groups in total. The molecule has 1 aromatic carbocycles. The Labute approximate surface area is 166 Å². The van der Waals surface area contributed by atoms with E-state index in [0.717, 1.165) is 25.0 Å². The molecule has 148 valence electrons. The number of piperidine rings is 1. The molecule has 2 fully saturated rings. The summed E-state index contributed by atoms with van der Waals surface area (Å²) in [6.07, 6.45) is 8.11. The number of carbonyl (C=O) groups excluding carboxylic acids is 1. The minimum absolute atomic E-state index is 0.113. The van der Waals surface area contributed by atoms with Crippen LogP contribution in [0.2, 0.25) is 0 Å². The van der Waals surface area contributed by atoms with Gasteiger partial charge in [-0.05, 0) is 87.4 Å². The van der Waals surface area contributed by atoms with E-state index >= 15 is 0 Å². The summed E-state index contributed by atoms with van der Waals surface area (Å²) in [5, 5.41) is 3.17. The molecular formula is C23H28N2O3. The standard InChI is InChI=1S/C23H28N2O3/c1-25-18-6-7-19(25)13-17(12-18)24-23(26)22-10-9-21(28-22)14-27-20-8-5-15-3-2-4-16(15)11-20/h5,8-11,17-19H,2-4,6-7,12-14H2,1H3,(H,24,26)/t17?,18-,19+. The molecule has 3 heterocycles.